The van der Waals surface area contributed by atoms with Crippen molar-refractivity contribution in [2.45, 2.75) is 19.9 Å². The molecule has 2 aromatic rings. The van der Waals surface area contributed by atoms with E-state index in [-0.39, 0.29) is 11.9 Å². The molecule has 18 heavy (non-hydrogen) atoms. The summed E-state index contributed by atoms with van der Waals surface area (Å²) in [4.78, 5) is 0. The van der Waals surface area contributed by atoms with Crippen molar-refractivity contribution in [3.63, 3.8) is 0 Å². The van der Waals surface area contributed by atoms with E-state index in [1.165, 1.54) is 11.6 Å². The van der Waals surface area contributed by atoms with E-state index >= 15 is 0 Å². The fraction of sp³-hybridized carbons (Fsp3) is 0.250. The number of aryl methyl sites for hydroxylation is 2. The average Bonchev–Trinajstić information content (AvgIpc) is 2.37. The predicted octanol–water partition coefficient (Wildman–Crippen LogP) is 3.75. The van der Waals surface area contributed by atoms with Gasteiger partial charge in [-0.05, 0) is 49.7 Å². The van der Waals surface area contributed by atoms with Crippen LogP contribution in [0, 0.1) is 19.7 Å². The summed E-state index contributed by atoms with van der Waals surface area (Å²) in [6.07, 6.45) is 0. The zero-order chi connectivity index (χ0) is 13.1. The number of benzene rings is 2. The van der Waals surface area contributed by atoms with Crippen LogP contribution < -0.4 is 5.32 Å². The molecule has 1 atom stereocenters. The highest BCUT2D eigenvalue weighted by atomic mass is 19.1. The van der Waals surface area contributed by atoms with Crippen molar-refractivity contribution >= 4 is 0 Å². The summed E-state index contributed by atoms with van der Waals surface area (Å²) in [5.74, 6) is -0.192. The molecule has 2 rings (SSSR count). The molecule has 2 heteroatoms. The van der Waals surface area contributed by atoms with Crippen LogP contribution in [0.1, 0.15) is 28.3 Å². The van der Waals surface area contributed by atoms with E-state index in [0.717, 1.165) is 16.7 Å². The summed E-state index contributed by atoms with van der Waals surface area (Å²) >= 11 is 0. The Hall–Kier alpha value is -1.67. The van der Waals surface area contributed by atoms with Gasteiger partial charge < -0.3 is 5.32 Å². The second kappa shape index (κ2) is 5.32. The maximum absolute atomic E-state index is 13.4. The number of hydrogen-bond donors (Lipinski definition) is 1. The third-order valence-electron chi connectivity index (χ3n) is 3.25. The molecule has 1 nitrogen and oxygen atoms in total. The topological polar surface area (TPSA) is 12.0 Å². The van der Waals surface area contributed by atoms with E-state index in [4.69, 9.17) is 0 Å². The summed E-state index contributed by atoms with van der Waals surface area (Å²) in [5.41, 5.74) is 4.46. The fourth-order valence-electron chi connectivity index (χ4n) is 2.18. The van der Waals surface area contributed by atoms with Gasteiger partial charge in [0.2, 0.25) is 0 Å². The summed E-state index contributed by atoms with van der Waals surface area (Å²) in [6, 6.07) is 13.3. The van der Waals surface area contributed by atoms with Crippen molar-refractivity contribution in [1.82, 2.24) is 5.32 Å². The SMILES string of the molecule is CNC(c1ccc(C)cc1)c1cc(F)ccc1C. The van der Waals surface area contributed by atoms with E-state index in [2.05, 4.69) is 36.5 Å². The van der Waals surface area contributed by atoms with Crippen LogP contribution in [0.2, 0.25) is 0 Å². The molecule has 0 spiro atoms. The van der Waals surface area contributed by atoms with Crippen LogP contribution in [0.15, 0.2) is 42.5 Å². The number of hydrogen-bond acceptors (Lipinski definition) is 1. The van der Waals surface area contributed by atoms with Gasteiger partial charge in [0.05, 0.1) is 6.04 Å². The molecule has 0 amide bonds. The molecule has 2 aromatic carbocycles. The van der Waals surface area contributed by atoms with Gasteiger partial charge in [-0.2, -0.15) is 0 Å². The Morgan fingerprint density at radius 2 is 1.67 bits per heavy atom. The standard InChI is InChI=1S/C16H18FN/c1-11-4-7-13(8-5-11)16(18-3)15-10-14(17)9-6-12(15)2/h4-10,16,18H,1-3H3. The molecule has 0 aromatic heterocycles. The molecule has 0 saturated carbocycles. The van der Waals surface area contributed by atoms with Crippen LogP contribution in [-0.4, -0.2) is 7.05 Å². The fourth-order valence-corrected chi connectivity index (χ4v) is 2.18. The molecule has 0 aliphatic rings. The minimum absolute atomic E-state index is 0.0290. The molecular weight excluding hydrogens is 225 g/mol. The van der Waals surface area contributed by atoms with Gasteiger partial charge in [0, 0.05) is 0 Å². The maximum atomic E-state index is 13.4. The molecule has 94 valence electrons. The Bertz CT molecular complexity index is 531. The quantitative estimate of drug-likeness (QED) is 0.865. The lowest BCUT2D eigenvalue weighted by Crippen LogP contribution is -2.18. The second-order valence-electron chi connectivity index (χ2n) is 4.63. The Labute approximate surface area is 108 Å². The van der Waals surface area contributed by atoms with Crippen LogP contribution in [0.3, 0.4) is 0 Å². The molecular formula is C16H18FN. The Morgan fingerprint density at radius 1 is 1.00 bits per heavy atom. The maximum Gasteiger partial charge on any atom is 0.123 e. The van der Waals surface area contributed by atoms with Crippen LogP contribution in [0.4, 0.5) is 4.39 Å². The summed E-state index contributed by atoms with van der Waals surface area (Å²) in [6.45, 7) is 4.07. The van der Waals surface area contributed by atoms with Gasteiger partial charge in [-0.15, -0.1) is 0 Å². The molecule has 0 aliphatic heterocycles. The first-order chi connectivity index (χ1) is 8.61. The van der Waals surface area contributed by atoms with E-state index < -0.39 is 0 Å². The van der Waals surface area contributed by atoms with E-state index in [9.17, 15) is 4.39 Å². The highest BCUT2D eigenvalue weighted by molar-refractivity contribution is 5.37. The van der Waals surface area contributed by atoms with Crippen molar-refractivity contribution in [3.8, 4) is 0 Å². The first-order valence-electron chi connectivity index (χ1n) is 6.11. The van der Waals surface area contributed by atoms with Gasteiger partial charge in [-0.25, -0.2) is 4.39 Å². The Balaban J connectivity index is 2.44. The molecule has 0 saturated heterocycles. The zero-order valence-electron chi connectivity index (χ0n) is 11.0. The molecule has 0 heterocycles. The van der Waals surface area contributed by atoms with E-state index in [1.54, 1.807) is 6.07 Å². The van der Waals surface area contributed by atoms with Gasteiger partial charge in [0.1, 0.15) is 5.82 Å². The molecule has 0 bridgehead atoms. The summed E-state index contributed by atoms with van der Waals surface area (Å²) < 4.78 is 13.4. The van der Waals surface area contributed by atoms with Gasteiger partial charge in [-0.1, -0.05) is 35.9 Å². The summed E-state index contributed by atoms with van der Waals surface area (Å²) in [7, 11) is 1.90. The lowest BCUT2D eigenvalue weighted by molar-refractivity contribution is 0.615. The largest absolute Gasteiger partial charge is 0.309 e. The minimum atomic E-state index is -0.192. The normalized spacial score (nSPS) is 12.4. The lowest BCUT2D eigenvalue weighted by Gasteiger charge is -2.19. The van der Waals surface area contributed by atoms with E-state index in [1.807, 2.05) is 20.0 Å². The Kier molecular flexibility index (Phi) is 3.78. The zero-order valence-corrected chi connectivity index (χ0v) is 11.0. The van der Waals surface area contributed by atoms with Gasteiger partial charge in [0.15, 0.2) is 0 Å². The van der Waals surface area contributed by atoms with Crippen LogP contribution in [-0.2, 0) is 0 Å². The van der Waals surface area contributed by atoms with Crippen molar-refractivity contribution in [3.05, 3.63) is 70.5 Å². The molecule has 0 aliphatic carbocycles. The molecule has 1 N–H and O–H groups in total. The minimum Gasteiger partial charge on any atom is -0.309 e. The van der Waals surface area contributed by atoms with E-state index in [0.29, 0.717) is 0 Å². The molecule has 0 fully saturated rings. The van der Waals surface area contributed by atoms with Gasteiger partial charge >= 0.3 is 0 Å². The molecule has 1 unspecified atom stereocenters. The number of halogens is 1. The third kappa shape index (κ3) is 2.59. The van der Waals surface area contributed by atoms with Crippen LogP contribution in [0.25, 0.3) is 0 Å². The number of rotatable bonds is 3. The van der Waals surface area contributed by atoms with Crippen molar-refractivity contribution in [2.24, 2.45) is 0 Å². The monoisotopic (exact) mass is 243 g/mol. The predicted molar refractivity (Wildman–Crippen MR) is 73.2 cm³/mol. The highest BCUT2D eigenvalue weighted by Gasteiger charge is 2.14. The van der Waals surface area contributed by atoms with Crippen molar-refractivity contribution < 1.29 is 4.39 Å². The van der Waals surface area contributed by atoms with Gasteiger partial charge in [0.25, 0.3) is 0 Å². The summed E-state index contributed by atoms with van der Waals surface area (Å²) in [5, 5.41) is 3.26. The third-order valence-corrected chi connectivity index (χ3v) is 3.25. The van der Waals surface area contributed by atoms with Crippen molar-refractivity contribution in [1.29, 1.82) is 0 Å². The first kappa shape index (κ1) is 12.8. The highest BCUT2D eigenvalue weighted by Crippen LogP contribution is 2.25. The Morgan fingerprint density at radius 3 is 2.28 bits per heavy atom. The van der Waals surface area contributed by atoms with Crippen molar-refractivity contribution in [2.75, 3.05) is 7.05 Å². The smallest absolute Gasteiger partial charge is 0.123 e. The second-order valence-corrected chi connectivity index (χ2v) is 4.63. The van der Waals surface area contributed by atoms with Crippen LogP contribution >= 0.6 is 0 Å². The van der Waals surface area contributed by atoms with Crippen LogP contribution in [0.5, 0.6) is 0 Å². The molecule has 0 radical (unpaired) electrons. The average molecular weight is 243 g/mol. The first-order valence-corrected chi connectivity index (χ1v) is 6.11. The lowest BCUT2D eigenvalue weighted by atomic mass is 9.94. The van der Waals surface area contributed by atoms with Gasteiger partial charge in [-0.3, -0.25) is 0 Å². The number of nitrogens with one attached hydrogen (secondary N) is 1.